The van der Waals surface area contributed by atoms with E-state index in [1.807, 2.05) is 0 Å². The molecular formula is C19H24Cl2N2O4S2. The third-order valence-electron chi connectivity index (χ3n) is 4.19. The first kappa shape index (κ1) is 24.1. The molecule has 10 heteroatoms. The lowest BCUT2D eigenvalue weighted by atomic mass is 10.1. The van der Waals surface area contributed by atoms with Gasteiger partial charge in [-0.15, -0.1) is 0 Å². The average Bonchev–Trinajstić information content (AvgIpc) is 2.67. The van der Waals surface area contributed by atoms with E-state index in [9.17, 15) is 16.8 Å². The summed E-state index contributed by atoms with van der Waals surface area (Å²) in [7, 11) is -7.03. The van der Waals surface area contributed by atoms with Crippen LogP contribution in [0.2, 0.25) is 10.0 Å². The summed E-state index contributed by atoms with van der Waals surface area (Å²) in [5.41, 5.74) is 0. The first-order valence-corrected chi connectivity index (χ1v) is 12.9. The topological polar surface area (TPSA) is 92.3 Å². The minimum atomic E-state index is -3.52. The maximum Gasteiger partial charge on any atom is 0.240 e. The minimum Gasteiger partial charge on any atom is -0.211 e. The monoisotopic (exact) mass is 478 g/mol. The zero-order chi connectivity index (χ0) is 21.3. The Morgan fingerprint density at radius 1 is 0.552 bits per heavy atom. The van der Waals surface area contributed by atoms with E-state index in [1.165, 1.54) is 48.5 Å². The molecule has 2 aromatic rings. The zero-order valence-corrected chi connectivity index (χ0v) is 18.9. The van der Waals surface area contributed by atoms with E-state index >= 15 is 0 Å². The SMILES string of the molecule is O=S(=O)(NCCCCCCCNS(=O)(=O)c1ccc(Cl)cc1)c1ccc(Cl)cc1. The number of halogens is 2. The van der Waals surface area contributed by atoms with Crippen molar-refractivity contribution in [2.24, 2.45) is 0 Å². The van der Waals surface area contributed by atoms with Gasteiger partial charge in [0.05, 0.1) is 9.79 Å². The smallest absolute Gasteiger partial charge is 0.211 e. The quantitative estimate of drug-likeness (QED) is 0.447. The van der Waals surface area contributed by atoms with Crippen LogP contribution in [0.4, 0.5) is 0 Å². The number of hydrogen-bond donors (Lipinski definition) is 2. The van der Waals surface area contributed by atoms with Gasteiger partial charge in [0.1, 0.15) is 0 Å². The second kappa shape index (κ2) is 11.3. The third-order valence-corrected chi connectivity index (χ3v) is 7.64. The van der Waals surface area contributed by atoms with Gasteiger partial charge in [0.25, 0.3) is 0 Å². The zero-order valence-electron chi connectivity index (χ0n) is 15.8. The van der Waals surface area contributed by atoms with E-state index in [-0.39, 0.29) is 9.79 Å². The van der Waals surface area contributed by atoms with Crippen LogP contribution in [0.5, 0.6) is 0 Å². The number of benzene rings is 2. The summed E-state index contributed by atoms with van der Waals surface area (Å²) < 4.78 is 53.6. The van der Waals surface area contributed by atoms with Crippen molar-refractivity contribution in [1.82, 2.24) is 9.44 Å². The van der Waals surface area contributed by atoms with Crippen LogP contribution >= 0.6 is 23.2 Å². The molecule has 0 aliphatic carbocycles. The van der Waals surface area contributed by atoms with Crippen molar-refractivity contribution in [2.45, 2.75) is 41.9 Å². The van der Waals surface area contributed by atoms with Crippen molar-refractivity contribution in [3.63, 3.8) is 0 Å². The lowest BCUT2D eigenvalue weighted by Crippen LogP contribution is -2.25. The second-order valence-corrected chi connectivity index (χ2v) is 10.9. The summed E-state index contributed by atoms with van der Waals surface area (Å²) in [6.07, 6.45) is 4.03. The van der Waals surface area contributed by atoms with E-state index in [4.69, 9.17) is 23.2 Å². The van der Waals surface area contributed by atoms with Crippen LogP contribution < -0.4 is 9.44 Å². The molecular weight excluding hydrogens is 455 g/mol. The molecule has 29 heavy (non-hydrogen) atoms. The van der Waals surface area contributed by atoms with Gasteiger partial charge >= 0.3 is 0 Å². The molecule has 0 aliphatic heterocycles. The molecule has 160 valence electrons. The highest BCUT2D eigenvalue weighted by Gasteiger charge is 2.13. The Bertz CT molecular complexity index is 896. The molecule has 6 nitrogen and oxygen atoms in total. The van der Waals surface area contributed by atoms with Gasteiger partial charge in [-0.3, -0.25) is 0 Å². The van der Waals surface area contributed by atoms with Crippen molar-refractivity contribution >= 4 is 43.2 Å². The number of nitrogens with one attached hydrogen (secondary N) is 2. The van der Waals surface area contributed by atoms with Crippen molar-refractivity contribution in [3.8, 4) is 0 Å². The standard InChI is InChI=1S/C19H24Cl2N2O4S2/c20-16-6-10-18(11-7-16)28(24,25)22-14-4-2-1-3-5-15-23-29(26,27)19-12-8-17(21)9-13-19/h6-13,22-23H,1-5,14-15H2. The minimum absolute atomic E-state index is 0.190. The molecule has 0 unspecified atom stereocenters. The van der Waals surface area contributed by atoms with Crippen LogP contribution in [0.25, 0.3) is 0 Å². The molecule has 2 aromatic carbocycles. The van der Waals surface area contributed by atoms with Crippen LogP contribution in [0, 0.1) is 0 Å². The molecule has 0 atom stereocenters. The molecule has 0 radical (unpaired) electrons. The van der Waals surface area contributed by atoms with Crippen LogP contribution in [0.15, 0.2) is 58.3 Å². The summed E-state index contributed by atoms with van der Waals surface area (Å²) in [5, 5.41) is 0.971. The van der Waals surface area contributed by atoms with Gasteiger partial charge in [-0.25, -0.2) is 26.3 Å². The first-order valence-electron chi connectivity index (χ1n) is 9.21. The highest BCUT2D eigenvalue weighted by atomic mass is 35.5. The second-order valence-electron chi connectivity index (χ2n) is 6.47. The van der Waals surface area contributed by atoms with Crippen LogP contribution in [-0.4, -0.2) is 29.9 Å². The normalized spacial score (nSPS) is 12.2. The average molecular weight is 479 g/mol. The van der Waals surface area contributed by atoms with Gasteiger partial charge in [-0.05, 0) is 61.4 Å². The maximum atomic E-state index is 12.1. The fourth-order valence-corrected chi connectivity index (χ4v) is 4.99. The molecule has 0 aliphatic rings. The van der Waals surface area contributed by atoms with E-state index in [0.717, 1.165) is 19.3 Å². The van der Waals surface area contributed by atoms with Crippen molar-refractivity contribution < 1.29 is 16.8 Å². The number of hydrogen-bond acceptors (Lipinski definition) is 4. The third kappa shape index (κ3) is 8.24. The fraction of sp³-hybridized carbons (Fsp3) is 0.368. The maximum absolute atomic E-state index is 12.1. The largest absolute Gasteiger partial charge is 0.240 e. The molecule has 2 N–H and O–H groups in total. The van der Waals surface area contributed by atoms with E-state index in [0.29, 0.717) is 36.0 Å². The van der Waals surface area contributed by atoms with Crippen LogP contribution in [0.1, 0.15) is 32.1 Å². The highest BCUT2D eigenvalue weighted by Crippen LogP contribution is 2.15. The fourth-order valence-electron chi connectivity index (χ4n) is 2.59. The summed E-state index contributed by atoms with van der Waals surface area (Å²) in [4.78, 5) is 0.379. The number of unbranched alkanes of at least 4 members (excludes halogenated alkanes) is 4. The Labute approximate surface area is 182 Å². The molecule has 0 bridgehead atoms. The summed E-state index contributed by atoms with van der Waals surface area (Å²) in [6, 6.07) is 12.0. The van der Waals surface area contributed by atoms with Gasteiger partial charge in [0, 0.05) is 23.1 Å². The molecule has 0 saturated carbocycles. The van der Waals surface area contributed by atoms with E-state index in [2.05, 4.69) is 9.44 Å². The molecule has 0 spiro atoms. The lowest BCUT2D eigenvalue weighted by molar-refractivity contribution is 0.562. The van der Waals surface area contributed by atoms with Gasteiger partial charge in [0.2, 0.25) is 20.0 Å². The highest BCUT2D eigenvalue weighted by molar-refractivity contribution is 7.89. The molecule has 0 heterocycles. The van der Waals surface area contributed by atoms with E-state index < -0.39 is 20.0 Å². The van der Waals surface area contributed by atoms with Gasteiger partial charge in [0.15, 0.2) is 0 Å². The Hall–Kier alpha value is -1.16. The van der Waals surface area contributed by atoms with Crippen molar-refractivity contribution in [2.75, 3.05) is 13.1 Å². The molecule has 0 amide bonds. The van der Waals surface area contributed by atoms with Crippen molar-refractivity contribution in [3.05, 3.63) is 58.6 Å². The van der Waals surface area contributed by atoms with Gasteiger partial charge in [-0.1, -0.05) is 42.5 Å². The first-order chi connectivity index (χ1) is 13.7. The summed E-state index contributed by atoms with van der Waals surface area (Å²) in [5.74, 6) is 0. The Morgan fingerprint density at radius 3 is 1.21 bits per heavy atom. The predicted molar refractivity (Wildman–Crippen MR) is 116 cm³/mol. The Balaban J connectivity index is 1.58. The van der Waals surface area contributed by atoms with Crippen molar-refractivity contribution in [1.29, 1.82) is 0 Å². The predicted octanol–water partition coefficient (Wildman–Crippen LogP) is 4.20. The Kier molecular flexibility index (Phi) is 9.39. The lowest BCUT2D eigenvalue weighted by Gasteiger charge is -2.08. The van der Waals surface area contributed by atoms with Crippen LogP contribution in [0.3, 0.4) is 0 Å². The number of sulfonamides is 2. The molecule has 2 rings (SSSR count). The molecule has 0 aromatic heterocycles. The van der Waals surface area contributed by atoms with E-state index in [1.54, 1.807) is 0 Å². The van der Waals surface area contributed by atoms with Gasteiger partial charge < -0.3 is 0 Å². The number of rotatable bonds is 12. The molecule has 0 saturated heterocycles. The Morgan fingerprint density at radius 2 is 0.862 bits per heavy atom. The van der Waals surface area contributed by atoms with Crippen LogP contribution in [-0.2, 0) is 20.0 Å². The molecule has 0 fully saturated rings. The summed E-state index contributed by atoms with van der Waals surface area (Å²) in [6.45, 7) is 0.711. The van der Waals surface area contributed by atoms with Gasteiger partial charge in [-0.2, -0.15) is 0 Å². The summed E-state index contributed by atoms with van der Waals surface area (Å²) >= 11 is 11.5.